The number of fused-ring (bicyclic) bond motifs is 1. The summed E-state index contributed by atoms with van der Waals surface area (Å²) in [6.45, 7) is 1.62. The number of aromatic nitrogens is 1. The third-order valence-corrected chi connectivity index (χ3v) is 6.44. The lowest BCUT2D eigenvalue weighted by atomic mass is 10.1. The van der Waals surface area contributed by atoms with Gasteiger partial charge < -0.3 is 14.2 Å². The maximum atomic E-state index is 12.3. The molecule has 1 aromatic heterocycles. The molecule has 0 radical (unpaired) electrons. The van der Waals surface area contributed by atoms with Gasteiger partial charge in [0.15, 0.2) is 4.80 Å². The molecule has 0 saturated carbocycles. The van der Waals surface area contributed by atoms with Crippen molar-refractivity contribution < 1.29 is 19.1 Å². The third kappa shape index (κ3) is 5.23. The van der Waals surface area contributed by atoms with Gasteiger partial charge >= 0.3 is 5.97 Å². The maximum Gasteiger partial charge on any atom is 0.325 e. The molecule has 0 aliphatic carbocycles. The van der Waals surface area contributed by atoms with Gasteiger partial charge in [-0.05, 0) is 31.4 Å². The van der Waals surface area contributed by atoms with E-state index in [4.69, 9.17) is 4.74 Å². The lowest BCUT2D eigenvalue weighted by Gasteiger charge is -2.26. The number of para-hydroxylation sites is 1. The normalized spacial score (nSPS) is 15.0. The van der Waals surface area contributed by atoms with Gasteiger partial charge in [0, 0.05) is 13.1 Å². The molecule has 0 spiro atoms. The standard InChI is InChI=1S/C19H23N3O4S2/c1-26-18(25)11-22-14-7-3-4-8-15(14)28-19(22)20-16(23)12-27-13-17(24)21-9-5-2-6-10-21/h3-4,7-8H,2,5-6,9-13H2,1H3. The highest BCUT2D eigenvalue weighted by atomic mass is 32.2. The van der Waals surface area contributed by atoms with Crippen LogP contribution < -0.4 is 4.80 Å². The Morgan fingerprint density at radius 3 is 2.64 bits per heavy atom. The molecule has 7 nitrogen and oxygen atoms in total. The maximum absolute atomic E-state index is 12.3. The van der Waals surface area contributed by atoms with Gasteiger partial charge in [-0.2, -0.15) is 4.99 Å². The summed E-state index contributed by atoms with van der Waals surface area (Å²) < 4.78 is 7.38. The average Bonchev–Trinajstić information content (AvgIpc) is 3.05. The summed E-state index contributed by atoms with van der Waals surface area (Å²) in [7, 11) is 1.33. The fourth-order valence-corrected chi connectivity index (χ4v) is 4.80. The average molecular weight is 422 g/mol. The Kier molecular flexibility index (Phi) is 7.27. The quantitative estimate of drug-likeness (QED) is 0.667. The number of thiazole rings is 1. The number of esters is 1. The molecule has 0 bridgehead atoms. The van der Waals surface area contributed by atoms with E-state index in [1.54, 1.807) is 4.57 Å². The number of benzene rings is 1. The van der Waals surface area contributed by atoms with Crippen molar-refractivity contribution in [2.75, 3.05) is 31.7 Å². The van der Waals surface area contributed by atoms with E-state index in [1.807, 2.05) is 29.2 Å². The van der Waals surface area contributed by atoms with Crippen molar-refractivity contribution in [2.45, 2.75) is 25.8 Å². The number of likely N-dealkylation sites (tertiary alicyclic amines) is 1. The Morgan fingerprint density at radius 2 is 1.89 bits per heavy atom. The second-order valence-corrected chi connectivity index (χ2v) is 8.45. The van der Waals surface area contributed by atoms with Gasteiger partial charge in [-0.1, -0.05) is 23.5 Å². The van der Waals surface area contributed by atoms with Gasteiger partial charge in [0.25, 0.3) is 5.91 Å². The second-order valence-electron chi connectivity index (χ2n) is 6.45. The van der Waals surface area contributed by atoms with Crippen LogP contribution in [0, 0.1) is 0 Å². The van der Waals surface area contributed by atoms with E-state index in [1.165, 1.54) is 36.6 Å². The number of thioether (sulfide) groups is 1. The molecule has 1 aromatic carbocycles. The zero-order valence-electron chi connectivity index (χ0n) is 15.8. The van der Waals surface area contributed by atoms with Crippen molar-refractivity contribution >= 4 is 51.1 Å². The number of ether oxygens (including phenoxy) is 1. The van der Waals surface area contributed by atoms with E-state index < -0.39 is 5.97 Å². The van der Waals surface area contributed by atoms with Gasteiger partial charge in [0.1, 0.15) is 6.54 Å². The van der Waals surface area contributed by atoms with Gasteiger partial charge in [-0.3, -0.25) is 14.4 Å². The van der Waals surface area contributed by atoms with Gasteiger partial charge in [-0.15, -0.1) is 11.8 Å². The van der Waals surface area contributed by atoms with Crippen LogP contribution in [0.1, 0.15) is 19.3 Å². The molecule has 2 heterocycles. The molecule has 0 N–H and O–H groups in total. The topological polar surface area (TPSA) is 81.0 Å². The predicted molar refractivity (Wildman–Crippen MR) is 110 cm³/mol. The second kappa shape index (κ2) is 9.88. The van der Waals surface area contributed by atoms with Gasteiger partial charge in [0.05, 0.1) is 28.8 Å². The fourth-order valence-electron chi connectivity index (χ4n) is 3.05. The Bertz CT molecular complexity index is 929. The fraction of sp³-hybridized carbons (Fsp3) is 0.474. The highest BCUT2D eigenvalue weighted by molar-refractivity contribution is 8.00. The van der Waals surface area contributed by atoms with Crippen LogP contribution in [0.15, 0.2) is 29.3 Å². The van der Waals surface area contributed by atoms with Crippen LogP contribution in [0.5, 0.6) is 0 Å². The van der Waals surface area contributed by atoms with Crippen molar-refractivity contribution in [1.29, 1.82) is 0 Å². The minimum absolute atomic E-state index is 0.00673. The summed E-state index contributed by atoms with van der Waals surface area (Å²) in [4.78, 5) is 42.7. The number of carbonyl (C=O) groups excluding carboxylic acids is 3. The Balaban J connectivity index is 1.67. The highest BCUT2D eigenvalue weighted by Crippen LogP contribution is 2.17. The first-order chi connectivity index (χ1) is 13.6. The number of hydrogen-bond donors (Lipinski definition) is 0. The van der Waals surface area contributed by atoms with Crippen LogP contribution in [-0.4, -0.2) is 59.0 Å². The number of piperidine rings is 1. The molecule has 2 aromatic rings. The predicted octanol–water partition coefficient (Wildman–Crippen LogP) is 2.05. The summed E-state index contributed by atoms with van der Waals surface area (Å²) in [6, 6.07) is 7.57. The minimum atomic E-state index is -0.404. The van der Waals surface area contributed by atoms with Gasteiger partial charge in [0.2, 0.25) is 5.91 Å². The smallest absolute Gasteiger partial charge is 0.325 e. The van der Waals surface area contributed by atoms with Crippen LogP contribution in [0.3, 0.4) is 0 Å². The molecular weight excluding hydrogens is 398 g/mol. The van der Waals surface area contributed by atoms with Crippen LogP contribution in [-0.2, 0) is 25.7 Å². The SMILES string of the molecule is COC(=O)Cn1c(=NC(=O)CSCC(=O)N2CCCCC2)sc2ccccc21. The number of methoxy groups -OCH3 is 1. The van der Waals surface area contributed by atoms with Crippen molar-refractivity contribution in [3.8, 4) is 0 Å². The van der Waals surface area contributed by atoms with Crippen LogP contribution >= 0.6 is 23.1 Å². The summed E-state index contributed by atoms with van der Waals surface area (Å²) in [5.74, 6) is -0.220. The van der Waals surface area contributed by atoms with Crippen molar-refractivity contribution in [1.82, 2.24) is 9.47 Å². The van der Waals surface area contributed by atoms with Crippen molar-refractivity contribution in [3.05, 3.63) is 29.1 Å². The molecule has 9 heteroatoms. The van der Waals surface area contributed by atoms with Crippen LogP contribution in [0.25, 0.3) is 10.2 Å². The molecule has 0 atom stereocenters. The van der Waals surface area contributed by atoms with E-state index in [-0.39, 0.29) is 29.9 Å². The lowest BCUT2D eigenvalue weighted by Crippen LogP contribution is -2.36. The zero-order chi connectivity index (χ0) is 19.9. The number of amides is 2. The van der Waals surface area contributed by atoms with Crippen LogP contribution in [0.2, 0.25) is 0 Å². The summed E-state index contributed by atoms with van der Waals surface area (Å²) in [6.07, 6.45) is 3.28. The Hall–Kier alpha value is -2.13. The van der Waals surface area contributed by atoms with E-state index in [0.717, 1.165) is 36.1 Å². The molecular formula is C19H23N3O4S2. The monoisotopic (exact) mass is 421 g/mol. The zero-order valence-corrected chi connectivity index (χ0v) is 17.4. The van der Waals surface area contributed by atoms with Crippen molar-refractivity contribution in [3.63, 3.8) is 0 Å². The Morgan fingerprint density at radius 1 is 1.14 bits per heavy atom. The molecule has 1 aliphatic rings. The van der Waals surface area contributed by atoms with E-state index in [9.17, 15) is 14.4 Å². The molecule has 1 saturated heterocycles. The number of rotatable bonds is 6. The highest BCUT2D eigenvalue weighted by Gasteiger charge is 2.17. The van der Waals surface area contributed by atoms with E-state index >= 15 is 0 Å². The number of carbonyl (C=O) groups is 3. The first kappa shape index (κ1) is 20.6. The van der Waals surface area contributed by atoms with E-state index in [2.05, 4.69) is 4.99 Å². The molecule has 150 valence electrons. The first-order valence-electron chi connectivity index (χ1n) is 9.17. The largest absolute Gasteiger partial charge is 0.468 e. The summed E-state index contributed by atoms with van der Waals surface area (Å²) in [5.41, 5.74) is 0.831. The molecule has 28 heavy (non-hydrogen) atoms. The van der Waals surface area contributed by atoms with E-state index in [0.29, 0.717) is 4.80 Å². The molecule has 1 fully saturated rings. The number of hydrogen-bond acceptors (Lipinski definition) is 6. The molecule has 1 aliphatic heterocycles. The lowest BCUT2D eigenvalue weighted by molar-refractivity contribution is -0.141. The molecule has 3 rings (SSSR count). The first-order valence-corrected chi connectivity index (χ1v) is 11.1. The summed E-state index contributed by atoms with van der Waals surface area (Å²) in [5, 5.41) is 0. The minimum Gasteiger partial charge on any atom is -0.468 e. The Labute approximate surface area is 171 Å². The summed E-state index contributed by atoms with van der Waals surface area (Å²) >= 11 is 2.63. The molecule has 2 amide bonds. The third-order valence-electron chi connectivity index (χ3n) is 4.48. The molecule has 0 unspecified atom stereocenters. The van der Waals surface area contributed by atoms with Crippen LogP contribution in [0.4, 0.5) is 0 Å². The number of nitrogens with zero attached hydrogens (tertiary/aromatic N) is 3. The van der Waals surface area contributed by atoms with Crippen molar-refractivity contribution in [2.24, 2.45) is 4.99 Å². The van der Waals surface area contributed by atoms with Gasteiger partial charge in [-0.25, -0.2) is 0 Å².